The van der Waals surface area contributed by atoms with Gasteiger partial charge in [-0.2, -0.15) is 0 Å². The average Bonchev–Trinajstić information content (AvgIpc) is 3.62. The number of carbonyl (C=O) groups is 2. The molecule has 2 fully saturated rings. The topological polar surface area (TPSA) is 107 Å². The zero-order valence-electron chi connectivity index (χ0n) is 21.9. The smallest absolute Gasteiger partial charge is 0.246 e. The summed E-state index contributed by atoms with van der Waals surface area (Å²) < 4.78 is 5.53. The van der Waals surface area contributed by atoms with Crippen molar-refractivity contribution < 1.29 is 14.3 Å². The second kappa shape index (κ2) is 11.6. The van der Waals surface area contributed by atoms with Crippen LogP contribution < -0.4 is 10.6 Å². The van der Waals surface area contributed by atoms with Gasteiger partial charge in [-0.1, -0.05) is 36.4 Å². The Bertz CT molecular complexity index is 1320. The molecule has 2 aromatic carbocycles. The van der Waals surface area contributed by atoms with E-state index in [9.17, 15) is 9.59 Å². The van der Waals surface area contributed by atoms with Crippen LogP contribution in [0.15, 0.2) is 41.8 Å². The maximum absolute atomic E-state index is 14.0. The lowest BCUT2D eigenvalue weighted by Crippen LogP contribution is -2.56. The molecule has 2 aliphatic rings. The Hall–Kier alpha value is -3.30. The predicted molar refractivity (Wildman–Crippen MR) is 150 cm³/mol. The predicted octanol–water partition coefficient (Wildman–Crippen LogP) is 4.43. The number of likely N-dealkylation sites (tertiary alicyclic amines) is 1. The molecule has 0 aliphatic carbocycles. The summed E-state index contributed by atoms with van der Waals surface area (Å²) in [6.45, 7) is 5.63. The quantitative estimate of drug-likeness (QED) is 0.293. The van der Waals surface area contributed by atoms with Gasteiger partial charge in [0.25, 0.3) is 0 Å². The van der Waals surface area contributed by atoms with Gasteiger partial charge in [0.15, 0.2) is 0 Å². The van der Waals surface area contributed by atoms with E-state index in [0.717, 1.165) is 48.3 Å². The molecule has 5 rings (SSSR count). The fraction of sp³-hybridized carbons (Fsp3) is 0.448. The molecule has 3 atom stereocenters. The summed E-state index contributed by atoms with van der Waals surface area (Å²) in [5, 5.41) is 18.4. The van der Waals surface area contributed by atoms with Gasteiger partial charge in [-0.3, -0.25) is 15.0 Å². The first kappa shape index (κ1) is 26.3. The molecule has 0 saturated carbocycles. The van der Waals surface area contributed by atoms with Crippen LogP contribution in [0.3, 0.4) is 0 Å². The maximum Gasteiger partial charge on any atom is 0.246 e. The van der Waals surface area contributed by atoms with Gasteiger partial charge in [0, 0.05) is 30.7 Å². The van der Waals surface area contributed by atoms with E-state index in [1.54, 1.807) is 18.3 Å². The summed E-state index contributed by atoms with van der Waals surface area (Å²) in [5.41, 5.74) is 3.27. The van der Waals surface area contributed by atoms with E-state index in [1.165, 1.54) is 16.3 Å². The third-order valence-electron chi connectivity index (χ3n) is 7.79. The Labute approximate surface area is 227 Å². The third-order valence-corrected chi connectivity index (χ3v) is 8.73. The van der Waals surface area contributed by atoms with Crippen LogP contribution in [0.25, 0.3) is 22.0 Å². The van der Waals surface area contributed by atoms with E-state index in [-0.39, 0.29) is 23.8 Å². The highest BCUT2D eigenvalue weighted by Crippen LogP contribution is 2.38. The van der Waals surface area contributed by atoms with Crippen molar-refractivity contribution >= 4 is 40.3 Å². The minimum absolute atomic E-state index is 0.0133. The number of hydrogen-bond donors (Lipinski definition) is 3. The molecule has 0 bridgehead atoms. The lowest BCUT2D eigenvalue weighted by molar-refractivity contribution is -0.140. The third kappa shape index (κ3) is 5.31. The van der Waals surface area contributed by atoms with E-state index in [2.05, 4.69) is 59.3 Å². The molecule has 3 N–H and O–H groups in total. The number of nitrogens with one attached hydrogen (secondary N) is 3. The van der Waals surface area contributed by atoms with Crippen molar-refractivity contribution in [3.05, 3.63) is 52.3 Å². The van der Waals surface area contributed by atoms with Crippen LogP contribution in [0.1, 0.15) is 49.2 Å². The van der Waals surface area contributed by atoms with Crippen molar-refractivity contribution in [3.8, 4) is 11.3 Å². The van der Waals surface area contributed by atoms with Crippen LogP contribution >= 0.6 is 11.3 Å². The van der Waals surface area contributed by atoms with E-state index in [0.29, 0.717) is 19.8 Å². The standard InChI is InChI=1S/C29H35N5O3S/c1-18-9-10-23(22-7-4-3-6-21(18)22)24-16-38-28(32-24)25-8-5-13-34(25)29(36)26(20-11-14-37-15-12-20)33-27(35)19(2)31-17-30/h3-4,6-7,9-10,16-17,19-20,25-26H,5,8,11-15H2,1-2H3,(H2,30,31)(H,33,35)/t19-,25-,26-/m0/s1. The maximum atomic E-state index is 14.0. The van der Waals surface area contributed by atoms with E-state index in [1.807, 2.05) is 4.90 Å². The van der Waals surface area contributed by atoms with Crippen molar-refractivity contribution in [1.29, 1.82) is 5.41 Å². The van der Waals surface area contributed by atoms with Crippen LogP contribution in [0.2, 0.25) is 0 Å². The molecule has 2 amide bonds. The van der Waals surface area contributed by atoms with Gasteiger partial charge in [0.1, 0.15) is 17.1 Å². The summed E-state index contributed by atoms with van der Waals surface area (Å²) in [7, 11) is 0. The Balaban J connectivity index is 1.40. The molecule has 0 spiro atoms. The zero-order chi connectivity index (χ0) is 26.6. The van der Waals surface area contributed by atoms with Gasteiger partial charge < -0.3 is 20.3 Å². The van der Waals surface area contributed by atoms with Gasteiger partial charge >= 0.3 is 0 Å². The molecule has 0 unspecified atom stereocenters. The van der Waals surface area contributed by atoms with Crippen LogP contribution in [-0.2, 0) is 14.3 Å². The highest BCUT2D eigenvalue weighted by molar-refractivity contribution is 7.10. The van der Waals surface area contributed by atoms with Gasteiger partial charge in [0.05, 0.1) is 18.1 Å². The number of carbonyl (C=O) groups excluding carboxylic acids is 2. The number of hydrogen-bond acceptors (Lipinski definition) is 6. The number of thiazole rings is 1. The molecule has 3 aromatic rings. The van der Waals surface area contributed by atoms with Crippen LogP contribution in [-0.4, -0.2) is 59.9 Å². The molecule has 200 valence electrons. The fourth-order valence-electron chi connectivity index (χ4n) is 5.61. The Morgan fingerprint density at radius 3 is 2.68 bits per heavy atom. The van der Waals surface area contributed by atoms with Crippen LogP contribution in [0.5, 0.6) is 0 Å². The lowest BCUT2D eigenvalue weighted by atomic mass is 9.90. The molecular formula is C29H35N5O3S. The van der Waals surface area contributed by atoms with E-state index < -0.39 is 12.1 Å². The van der Waals surface area contributed by atoms with E-state index in [4.69, 9.17) is 15.1 Å². The minimum atomic E-state index is -0.623. The van der Waals surface area contributed by atoms with Gasteiger partial charge in [0.2, 0.25) is 11.8 Å². The second-order valence-electron chi connectivity index (χ2n) is 10.2. The Kier molecular flexibility index (Phi) is 8.04. The number of aromatic nitrogens is 1. The summed E-state index contributed by atoms with van der Waals surface area (Å²) >= 11 is 1.60. The van der Waals surface area contributed by atoms with Gasteiger partial charge in [-0.15, -0.1) is 11.3 Å². The molecule has 9 heteroatoms. The molecule has 8 nitrogen and oxygen atoms in total. The minimum Gasteiger partial charge on any atom is -0.381 e. The van der Waals surface area contributed by atoms with E-state index >= 15 is 0 Å². The van der Waals surface area contributed by atoms with Crippen LogP contribution in [0, 0.1) is 18.3 Å². The first-order valence-corrected chi connectivity index (χ1v) is 14.2. The monoisotopic (exact) mass is 533 g/mol. The SMILES string of the molecule is Cc1ccc(-c2csc([C@@H]3CCCN3C(=O)[C@@H](NC(=O)[C@H](C)NC=N)C3CCOCC3)n2)c2ccccc12. The number of rotatable bonds is 8. The van der Waals surface area contributed by atoms with Crippen molar-refractivity contribution in [2.75, 3.05) is 19.8 Å². The summed E-state index contributed by atoms with van der Waals surface area (Å²) in [6, 6.07) is 11.3. The molecular weight excluding hydrogens is 498 g/mol. The fourth-order valence-corrected chi connectivity index (χ4v) is 6.58. The van der Waals surface area contributed by atoms with Crippen molar-refractivity contribution in [2.24, 2.45) is 5.92 Å². The lowest BCUT2D eigenvalue weighted by Gasteiger charge is -2.35. The summed E-state index contributed by atoms with van der Waals surface area (Å²) in [6.07, 6.45) is 4.21. The molecule has 2 aliphatic heterocycles. The normalized spacial score (nSPS) is 19.7. The molecule has 1 aromatic heterocycles. The Morgan fingerprint density at radius 1 is 1.16 bits per heavy atom. The first-order valence-electron chi connectivity index (χ1n) is 13.4. The number of aryl methyl sites for hydroxylation is 1. The van der Waals surface area contributed by atoms with Gasteiger partial charge in [-0.05, 0) is 61.8 Å². The molecule has 2 saturated heterocycles. The summed E-state index contributed by atoms with van der Waals surface area (Å²) in [4.78, 5) is 33.8. The summed E-state index contributed by atoms with van der Waals surface area (Å²) in [5.74, 6) is -0.316. The number of nitrogens with zero attached hydrogens (tertiary/aromatic N) is 2. The zero-order valence-corrected chi connectivity index (χ0v) is 22.7. The molecule has 38 heavy (non-hydrogen) atoms. The molecule has 0 radical (unpaired) electrons. The van der Waals surface area contributed by atoms with Gasteiger partial charge in [-0.25, -0.2) is 4.98 Å². The van der Waals surface area contributed by atoms with Crippen molar-refractivity contribution in [1.82, 2.24) is 20.5 Å². The largest absolute Gasteiger partial charge is 0.381 e. The number of amides is 2. The highest BCUT2D eigenvalue weighted by atomic mass is 32.1. The highest BCUT2D eigenvalue weighted by Gasteiger charge is 2.40. The van der Waals surface area contributed by atoms with Crippen LogP contribution in [0.4, 0.5) is 0 Å². The number of benzene rings is 2. The number of fused-ring (bicyclic) bond motifs is 1. The molecule has 3 heterocycles. The van der Waals surface area contributed by atoms with Crippen molar-refractivity contribution in [2.45, 2.75) is 57.7 Å². The first-order chi connectivity index (χ1) is 18.5. The Morgan fingerprint density at radius 2 is 1.92 bits per heavy atom. The average molecular weight is 534 g/mol. The second-order valence-corrected chi connectivity index (χ2v) is 11.1. The number of ether oxygens (including phenoxy) is 1. The van der Waals surface area contributed by atoms with Crippen molar-refractivity contribution in [3.63, 3.8) is 0 Å².